The normalized spacial score (nSPS) is 11.3. The number of nitrogens with zero attached hydrogens (tertiary/aromatic N) is 1. The van der Waals surface area contributed by atoms with E-state index in [4.69, 9.17) is 5.73 Å². The van der Waals surface area contributed by atoms with E-state index in [-0.39, 0.29) is 0 Å². The Kier molecular flexibility index (Phi) is 4.12. The monoisotopic (exact) mass is 268 g/mol. The second kappa shape index (κ2) is 5.66. The average molecular weight is 268 g/mol. The number of aryl methyl sites for hydroxylation is 1. The zero-order chi connectivity index (χ0) is 14.9. The summed E-state index contributed by atoms with van der Waals surface area (Å²) in [5.41, 5.74) is 12.8. The maximum absolute atomic E-state index is 6.22. The molecule has 0 fully saturated rings. The lowest BCUT2D eigenvalue weighted by Gasteiger charge is -2.17. The van der Waals surface area contributed by atoms with Crippen LogP contribution in [0.2, 0.25) is 0 Å². The first-order valence-corrected chi connectivity index (χ1v) is 7.27. The molecule has 1 heterocycles. The number of rotatable bonds is 3. The van der Waals surface area contributed by atoms with E-state index in [0.29, 0.717) is 11.8 Å². The smallest absolute Gasteiger partial charge is 0.0936 e. The third-order valence-electron chi connectivity index (χ3n) is 3.83. The van der Waals surface area contributed by atoms with Crippen LogP contribution in [0.5, 0.6) is 0 Å². The fourth-order valence-electron chi connectivity index (χ4n) is 2.42. The Bertz CT molecular complexity index is 613. The molecule has 20 heavy (non-hydrogen) atoms. The predicted molar refractivity (Wildman–Crippen MR) is 87.0 cm³/mol. The third-order valence-corrected chi connectivity index (χ3v) is 3.83. The van der Waals surface area contributed by atoms with E-state index in [9.17, 15) is 0 Å². The quantitative estimate of drug-likeness (QED) is 0.861. The van der Waals surface area contributed by atoms with Gasteiger partial charge < -0.3 is 5.73 Å². The first-order chi connectivity index (χ1) is 9.41. The largest absolute Gasteiger partial charge is 0.397 e. The van der Waals surface area contributed by atoms with Gasteiger partial charge in [-0.25, -0.2) is 0 Å². The van der Waals surface area contributed by atoms with Crippen LogP contribution in [-0.4, -0.2) is 4.98 Å². The molecule has 1 aromatic heterocycles. The summed E-state index contributed by atoms with van der Waals surface area (Å²) in [5.74, 6) is 0.981. The number of nitrogens with two attached hydrogens (primary N) is 1. The van der Waals surface area contributed by atoms with E-state index in [1.165, 1.54) is 11.1 Å². The lowest BCUT2D eigenvalue weighted by atomic mass is 9.89. The average Bonchev–Trinajstić information content (AvgIpc) is 2.41. The fraction of sp³-hybridized carbons (Fsp3) is 0.389. The van der Waals surface area contributed by atoms with Gasteiger partial charge in [-0.05, 0) is 41.5 Å². The standard InChI is InChI=1S/C18H24N2/c1-11(2)14-6-7-15(16(10-14)12(3)4)18-17(19)13(5)8-9-20-18/h6-12H,19H2,1-5H3. The summed E-state index contributed by atoms with van der Waals surface area (Å²) in [6, 6.07) is 8.61. The van der Waals surface area contributed by atoms with Crippen molar-refractivity contribution in [1.82, 2.24) is 4.98 Å². The molecule has 0 bridgehead atoms. The minimum absolute atomic E-state index is 0.449. The Labute approximate surface area is 122 Å². The molecule has 0 atom stereocenters. The van der Waals surface area contributed by atoms with Gasteiger partial charge >= 0.3 is 0 Å². The minimum Gasteiger partial charge on any atom is -0.397 e. The lowest BCUT2D eigenvalue weighted by Crippen LogP contribution is -2.01. The van der Waals surface area contributed by atoms with Gasteiger partial charge in [0.1, 0.15) is 0 Å². The van der Waals surface area contributed by atoms with Crippen LogP contribution in [0.25, 0.3) is 11.3 Å². The highest BCUT2D eigenvalue weighted by molar-refractivity contribution is 5.77. The minimum atomic E-state index is 0.449. The maximum Gasteiger partial charge on any atom is 0.0936 e. The van der Waals surface area contributed by atoms with Crippen molar-refractivity contribution in [1.29, 1.82) is 0 Å². The molecule has 0 saturated carbocycles. The molecule has 106 valence electrons. The number of anilines is 1. The summed E-state index contributed by atoms with van der Waals surface area (Å²) in [5, 5.41) is 0. The highest BCUT2D eigenvalue weighted by atomic mass is 14.7. The summed E-state index contributed by atoms with van der Waals surface area (Å²) in [6.45, 7) is 10.9. The number of hydrogen-bond acceptors (Lipinski definition) is 2. The number of pyridine rings is 1. The summed E-state index contributed by atoms with van der Waals surface area (Å²) < 4.78 is 0. The van der Waals surface area contributed by atoms with Gasteiger partial charge in [0.2, 0.25) is 0 Å². The van der Waals surface area contributed by atoms with E-state index in [0.717, 1.165) is 22.5 Å². The first-order valence-electron chi connectivity index (χ1n) is 7.27. The van der Waals surface area contributed by atoms with E-state index in [1.54, 1.807) is 0 Å². The Morgan fingerprint density at radius 2 is 1.70 bits per heavy atom. The number of aromatic nitrogens is 1. The molecule has 2 aromatic rings. The molecule has 0 aliphatic carbocycles. The van der Waals surface area contributed by atoms with E-state index < -0.39 is 0 Å². The van der Waals surface area contributed by atoms with Gasteiger partial charge in [-0.3, -0.25) is 4.98 Å². The third kappa shape index (κ3) is 2.69. The van der Waals surface area contributed by atoms with E-state index >= 15 is 0 Å². The second-order valence-electron chi connectivity index (χ2n) is 6.05. The number of nitrogen functional groups attached to an aromatic ring is 1. The fourth-order valence-corrected chi connectivity index (χ4v) is 2.42. The summed E-state index contributed by atoms with van der Waals surface area (Å²) in [4.78, 5) is 4.50. The molecule has 2 nitrogen and oxygen atoms in total. The van der Waals surface area contributed by atoms with Crippen LogP contribution in [-0.2, 0) is 0 Å². The molecule has 0 radical (unpaired) electrons. The Hall–Kier alpha value is -1.83. The maximum atomic E-state index is 6.22. The number of hydrogen-bond donors (Lipinski definition) is 1. The van der Waals surface area contributed by atoms with Crippen LogP contribution in [0.3, 0.4) is 0 Å². The Morgan fingerprint density at radius 1 is 1.00 bits per heavy atom. The summed E-state index contributed by atoms with van der Waals surface area (Å²) >= 11 is 0. The molecule has 0 amide bonds. The lowest BCUT2D eigenvalue weighted by molar-refractivity contribution is 0.835. The van der Waals surface area contributed by atoms with Crippen LogP contribution < -0.4 is 5.73 Å². The van der Waals surface area contributed by atoms with Gasteiger partial charge in [-0.15, -0.1) is 0 Å². The molecule has 2 rings (SSSR count). The van der Waals surface area contributed by atoms with Crippen LogP contribution in [0.1, 0.15) is 56.2 Å². The molecule has 0 aliphatic heterocycles. The van der Waals surface area contributed by atoms with Crippen molar-refractivity contribution in [3.05, 3.63) is 47.2 Å². The first kappa shape index (κ1) is 14.6. The zero-order valence-corrected chi connectivity index (χ0v) is 13.1. The molecule has 2 heteroatoms. The van der Waals surface area contributed by atoms with Gasteiger partial charge in [0.25, 0.3) is 0 Å². The van der Waals surface area contributed by atoms with Gasteiger partial charge in [-0.2, -0.15) is 0 Å². The summed E-state index contributed by atoms with van der Waals surface area (Å²) in [7, 11) is 0. The molecule has 2 N–H and O–H groups in total. The van der Waals surface area contributed by atoms with Crippen LogP contribution in [0.4, 0.5) is 5.69 Å². The van der Waals surface area contributed by atoms with E-state index in [1.807, 2.05) is 19.2 Å². The molecule has 0 spiro atoms. The van der Waals surface area contributed by atoms with Gasteiger partial charge in [0.05, 0.1) is 11.4 Å². The molecule has 0 aliphatic rings. The molecule has 1 aromatic carbocycles. The van der Waals surface area contributed by atoms with Crippen molar-refractivity contribution < 1.29 is 0 Å². The highest BCUT2D eigenvalue weighted by Crippen LogP contribution is 2.34. The van der Waals surface area contributed by atoms with Gasteiger partial charge in [0, 0.05) is 11.8 Å². The Balaban J connectivity index is 2.64. The van der Waals surface area contributed by atoms with E-state index in [2.05, 4.69) is 50.9 Å². The topological polar surface area (TPSA) is 38.9 Å². The van der Waals surface area contributed by atoms with Crippen LogP contribution in [0.15, 0.2) is 30.5 Å². The van der Waals surface area contributed by atoms with Crippen LogP contribution >= 0.6 is 0 Å². The second-order valence-corrected chi connectivity index (χ2v) is 6.05. The van der Waals surface area contributed by atoms with Crippen LogP contribution in [0, 0.1) is 6.92 Å². The number of benzene rings is 1. The van der Waals surface area contributed by atoms with Crippen molar-refractivity contribution >= 4 is 5.69 Å². The molecule has 0 saturated heterocycles. The van der Waals surface area contributed by atoms with Crippen molar-refractivity contribution in [2.45, 2.75) is 46.5 Å². The van der Waals surface area contributed by atoms with Crippen molar-refractivity contribution in [2.24, 2.45) is 0 Å². The molecular formula is C18H24N2. The van der Waals surface area contributed by atoms with Crippen molar-refractivity contribution in [3.63, 3.8) is 0 Å². The predicted octanol–water partition coefficient (Wildman–Crippen LogP) is 4.89. The van der Waals surface area contributed by atoms with Gasteiger partial charge in [-0.1, -0.05) is 45.9 Å². The SMILES string of the molecule is Cc1ccnc(-c2ccc(C(C)C)cc2C(C)C)c1N. The zero-order valence-electron chi connectivity index (χ0n) is 13.1. The van der Waals surface area contributed by atoms with Gasteiger partial charge in [0.15, 0.2) is 0 Å². The van der Waals surface area contributed by atoms with Crippen molar-refractivity contribution in [3.8, 4) is 11.3 Å². The molecule has 0 unspecified atom stereocenters. The van der Waals surface area contributed by atoms with Crippen molar-refractivity contribution in [2.75, 3.05) is 5.73 Å². The molecular weight excluding hydrogens is 244 g/mol. The highest BCUT2D eigenvalue weighted by Gasteiger charge is 2.14. The Morgan fingerprint density at radius 3 is 2.30 bits per heavy atom. The summed E-state index contributed by atoms with van der Waals surface area (Å²) in [6.07, 6.45) is 1.83.